The fourth-order valence-corrected chi connectivity index (χ4v) is 6.46. The molecule has 1 unspecified atom stereocenters. The Kier molecular flexibility index (Phi) is 31.7. The van der Waals surface area contributed by atoms with Crippen LogP contribution in [0, 0.1) is 0 Å². The van der Waals surface area contributed by atoms with Gasteiger partial charge < -0.3 is 28.8 Å². The Labute approximate surface area is 297 Å². The fourth-order valence-electron chi connectivity index (χ4n) is 5.74. The van der Waals surface area contributed by atoms with Crippen molar-refractivity contribution in [3.63, 3.8) is 0 Å². The fraction of sp³-hybridized carbons (Fsp3) is 0.923. The van der Waals surface area contributed by atoms with Gasteiger partial charge >= 0.3 is 0 Å². The molecule has 9 heteroatoms. The molecule has 0 fully saturated rings. The summed E-state index contributed by atoms with van der Waals surface area (Å²) < 4.78 is 23.1. The number of nitrogens with zero attached hydrogens (tertiary/aromatic N) is 1. The highest BCUT2D eigenvalue weighted by molar-refractivity contribution is 7.45. The maximum Gasteiger partial charge on any atom is 0.268 e. The predicted octanol–water partition coefficient (Wildman–Crippen LogP) is 9.78. The lowest BCUT2D eigenvalue weighted by Gasteiger charge is -2.29. The molecule has 1 amide bonds. The first-order valence-electron chi connectivity index (χ1n) is 20.1. The summed E-state index contributed by atoms with van der Waals surface area (Å²) in [6, 6.07) is -0.877. The molecule has 0 aromatic rings. The van der Waals surface area contributed by atoms with E-state index >= 15 is 0 Å². The van der Waals surface area contributed by atoms with Crippen molar-refractivity contribution in [3.05, 3.63) is 12.2 Å². The lowest BCUT2D eigenvalue weighted by molar-refractivity contribution is -0.870. The quantitative estimate of drug-likeness (QED) is 0.0291. The van der Waals surface area contributed by atoms with Crippen molar-refractivity contribution >= 4 is 13.7 Å². The van der Waals surface area contributed by atoms with E-state index in [1.54, 1.807) is 6.08 Å². The van der Waals surface area contributed by atoms with Gasteiger partial charge in [-0.05, 0) is 19.3 Å². The minimum Gasteiger partial charge on any atom is -0.756 e. The van der Waals surface area contributed by atoms with Gasteiger partial charge in [-0.25, -0.2) is 0 Å². The Balaban J connectivity index is 4.50. The molecule has 8 nitrogen and oxygen atoms in total. The van der Waals surface area contributed by atoms with Gasteiger partial charge in [0.05, 0.1) is 39.9 Å². The van der Waals surface area contributed by atoms with Crippen LogP contribution in [-0.4, -0.2) is 68.5 Å². The van der Waals surface area contributed by atoms with Crippen LogP contribution >= 0.6 is 7.82 Å². The molecule has 0 heterocycles. The molecule has 0 radical (unpaired) electrons. The third-order valence-electron chi connectivity index (χ3n) is 9.00. The summed E-state index contributed by atoms with van der Waals surface area (Å²) in [6.07, 6.45) is 33.9. The minimum absolute atomic E-state index is 0.00175. The van der Waals surface area contributed by atoms with Crippen molar-refractivity contribution < 1.29 is 32.9 Å². The number of carbonyl (C=O) groups excluding carboxylic acids is 1. The molecule has 0 rings (SSSR count). The number of allylic oxidation sites excluding steroid dienone is 1. The molecular formula is C39H79N2O6P. The van der Waals surface area contributed by atoms with Gasteiger partial charge in [0.1, 0.15) is 13.2 Å². The number of nitrogens with one attached hydrogen (secondary N) is 1. The summed E-state index contributed by atoms with van der Waals surface area (Å²) in [5, 5.41) is 13.7. The van der Waals surface area contributed by atoms with Crippen LogP contribution in [0.15, 0.2) is 12.2 Å². The molecule has 0 saturated heterocycles. The van der Waals surface area contributed by atoms with E-state index < -0.39 is 20.0 Å². The van der Waals surface area contributed by atoms with Gasteiger partial charge in [0.2, 0.25) is 5.91 Å². The number of amides is 1. The van der Waals surface area contributed by atoms with Crippen LogP contribution in [0.1, 0.15) is 181 Å². The second-order valence-corrected chi connectivity index (χ2v) is 16.4. The smallest absolute Gasteiger partial charge is 0.268 e. The summed E-state index contributed by atoms with van der Waals surface area (Å²) in [6.45, 7) is 4.63. The molecule has 0 aromatic heterocycles. The van der Waals surface area contributed by atoms with E-state index in [0.717, 1.165) is 38.5 Å². The number of phosphoric acid groups is 1. The van der Waals surface area contributed by atoms with Crippen molar-refractivity contribution in [3.8, 4) is 0 Å². The van der Waals surface area contributed by atoms with Gasteiger partial charge in [-0.15, -0.1) is 0 Å². The molecule has 0 aliphatic heterocycles. The van der Waals surface area contributed by atoms with E-state index in [2.05, 4.69) is 19.2 Å². The van der Waals surface area contributed by atoms with E-state index in [-0.39, 0.29) is 19.1 Å². The van der Waals surface area contributed by atoms with Crippen LogP contribution in [0.5, 0.6) is 0 Å². The van der Waals surface area contributed by atoms with Crippen molar-refractivity contribution in [2.75, 3.05) is 40.9 Å². The predicted molar refractivity (Wildman–Crippen MR) is 201 cm³/mol. The average molecular weight is 703 g/mol. The molecule has 0 aliphatic carbocycles. The molecule has 0 aliphatic rings. The first kappa shape index (κ1) is 47.2. The lowest BCUT2D eigenvalue weighted by atomic mass is 10.0. The molecule has 286 valence electrons. The molecule has 0 saturated carbocycles. The zero-order valence-electron chi connectivity index (χ0n) is 32.2. The number of carbonyl (C=O) groups is 1. The first-order valence-corrected chi connectivity index (χ1v) is 21.5. The van der Waals surface area contributed by atoms with E-state index in [1.165, 1.54) is 122 Å². The monoisotopic (exact) mass is 703 g/mol. The summed E-state index contributed by atoms with van der Waals surface area (Å²) in [5.41, 5.74) is 0. The minimum atomic E-state index is -4.57. The van der Waals surface area contributed by atoms with E-state index in [0.29, 0.717) is 17.4 Å². The number of hydrogen-bond acceptors (Lipinski definition) is 6. The van der Waals surface area contributed by atoms with Crippen LogP contribution < -0.4 is 10.2 Å². The zero-order valence-corrected chi connectivity index (χ0v) is 33.1. The number of aliphatic hydroxyl groups is 1. The van der Waals surface area contributed by atoms with Gasteiger partial charge in [-0.1, -0.05) is 167 Å². The first-order chi connectivity index (χ1) is 23.0. The highest BCUT2D eigenvalue weighted by Gasteiger charge is 2.23. The van der Waals surface area contributed by atoms with Crippen molar-refractivity contribution in [1.82, 2.24) is 5.32 Å². The lowest BCUT2D eigenvalue weighted by Crippen LogP contribution is -2.45. The number of aliphatic hydroxyl groups excluding tert-OH is 1. The topological polar surface area (TPSA) is 108 Å². The molecule has 48 heavy (non-hydrogen) atoms. The van der Waals surface area contributed by atoms with Crippen molar-refractivity contribution in [1.29, 1.82) is 0 Å². The summed E-state index contributed by atoms with van der Waals surface area (Å²) in [7, 11) is 1.27. The normalized spacial score (nSPS) is 14.7. The van der Waals surface area contributed by atoms with Crippen LogP contribution in [-0.2, 0) is 18.4 Å². The summed E-state index contributed by atoms with van der Waals surface area (Å²) in [5.74, 6) is -0.198. The highest BCUT2D eigenvalue weighted by Crippen LogP contribution is 2.38. The van der Waals surface area contributed by atoms with E-state index in [4.69, 9.17) is 9.05 Å². The van der Waals surface area contributed by atoms with Crippen LogP contribution in [0.3, 0.4) is 0 Å². The molecule has 0 spiro atoms. The molecule has 3 atom stereocenters. The van der Waals surface area contributed by atoms with Gasteiger partial charge in [-0.2, -0.15) is 0 Å². The molecular weight excluding hydrogens is 623 g/mol. The number of hydrogen-bond donors (Lipinski definition) is 2. The van der Waals surface area contributed by atoms with Gasteiger partial charge in [-0.3, -0.25) is 9.36 Å². The third-order valence-corrected chi connectivity index (χ3v) is 9.96. The standard InChI is InChI=1S/C39H79N2O6P/c1-6-8-10-12-14-16-18-20-21-22-24-26-28-30-32-38(42)37(36-47-48(44,45)46-35-34-41(3,4)5)40-39(43)33-31-29-27-25-23-19-17-15-13-11-9-7-2/h30,32,37-38,42H,6-29,31,33-36H2,1-5H3,(H-,40,43,44,45)/b32-30+/t37-,38+/m0/s1. The summed E-state index contributed by atoms with van der Waals surface area (Å²) >= 11 is 0. The second-order valence-electron chi connectivity index (χ2n) is 15.0. The maximum absolute atomic E-state index is 12.8. The number of phosphoric ester groups is 1. The Hall–Kier alpha value is -0.760. The summed E-state index contributed by atoms with van der Waals surface area (Å²) in [4.78, 5) is 25.2. The number of unbranched alkanes of at least 4 members (excludes halogenated alkanes) is 23. The van der Waals surface area contributed by atoms with E-state index in [9.17, 15) is 19.4 Å². The highest BCUT2D eigenvalue weighted by atomic mass is 31.2. The van der Waals surface area contributed by atoms with Crippen LogP contribution in [0.25, 0.3) is 0 Å². The van der Waals surface area contributed by atoms with Gasteiger partial charge in [0.25, 0.3) is 7.82 Å². The van der Waals surface area contributed by atoms with Crippen molar-refractivity contribution in [2.45, 2.75) is 193 Å². The largest absolute Gasteiger partial charge is 0.756 e. The Bertz CT molecular complexity index is 804. The van der Waals surface area contributed by atoms with E-state index in [1.807, 2.05) is 27.2 Å². The Morgan fingerprint density at radius 2 is 1.12 bits per heavy atom. The molecule has 2 N–H and O–H groups in total. The van der Waals surface area contributed by atoms with Crippen LogP contribution in [0.4, 0.5) is 0 Å². The number of rotatable bonds is 36. The van der Waals surface area contributed by atoms with Gasteiger partial charge in [0, 0.05) is 6.42 Å². The average Bonchev–Trinajstić information content (AvgIpc) is 3.02. The molecule has 0 bridgehead atoms. The molecule has 0 aromatic carbocycles. The zero-order chi connectivity index (χ0) is 35.8. The Morgan fingerprint density at radius 3 is 1.56 bits per heavy atom. The second kappa shape index (κ2) is 32.2. The Morgan fingerprint density at radius 1 is 0.708 bits per heavy atom. The SMILES string of the molecule is CCCCCCCCCCCCCC/C=C/[C@@H](O)[C@H](COP(=O)([O-])OCC[N+](C)(C)C)NC(=O)CCCCCCCCCCCCCC. The number of likely N-dealkylation sites (N-methyl/N-ethyl adjacent to an activating group) is 1. The number of quaternary nitrogens is 1. The van der Waals surface area contributed by atoms with Gasteiger partial charge in [0.15, 0.2) is 0 Å². The van der Waals surface area contributed by atoms with Crippen LogP contribution in [0.2, 0.25) is 0 Å². The van der Waals surface area contributed by atoms with Crippen molar-refractivity contribution in [2.24, 2.45) is 0 Å². The maximum atomic E-state index is 12.8. The third kappa shape index (κ3) is 33.7.